The summed E-state index contributed by atoms with van der Waals surface area (Å²) < 4.78 is 52.5. The van der Waals surface area contributed by atoms with Gasteiger partial charge >= 0.3 is 0 Å². The fourth-order valence-corrected chi connectivity index (χ4v) is 5.61. The zero-order chi connectivity index (χ0) is 31.9. The number of anilines is 1. The van der Waals surface area contributed by atoms with Gasteiger partial charge in [0.2, 0.25) is 0 Å². The molecule has 0 aliphatic carbocycles. The van der Waals surface area contributed by atoms with Crippen molar-refractivity contribution in [2.75, 3.05) is 57.8 Å². The molecule has 3 aromatic rings. The highest BCUT2D eigenvalue weighted by Gasteiger charge is 2.27. The highest BCUT2D eigenvalue weighted by molar-refractivity contribution is 5.94. The standard InChI is InChI=1S/C33H39F3N6O3/c1-22-20-42(21-23(2)45-22)32(43)26-8-4-25(5-9-26)19-38-33(37-13-12-24-6-10-27(44-3)11-7-24)41-16-14-40(15-17-41)31-29(35)18-28(34)30(36)39-31/h4-11,18,22-23H,12-17,19-21H2,1-3H3,(H,37,38). The number of piperazine rings is 1. The van der Waals surface area contributed by atoms with E-state index in [4.69, 9.17) is 14.5 Å². The molecule has 2 unspecified atom stereocenters. The van der Waals surface area contributed by atoms with Gasteiger partial charge in [0.15, 0.2) is 23.4 Å². The van der Waals surface area contributed by atoms with Crippen LogP contribution in [0.2, 0.25) is 0 Å². The number of aliphatic imine (C=N–C) groups is 1. The number of amides is 1. The van der Waals surface area contributed by atoms with Crippen LogP contribution >= 0.6 is 0 Å². The number of aromatic nitrogens is 1. The van der Waals surface area contributed by atoms with Crippen LogP contribution in [0.25, 0.3) is 0 Å². The third kappa shape index (κ3) is 8.24. The maximum atomic E-state index is 14.4. The third-order valence-electron chi connectivity index (χ3n) is 7.92. The molecule has 240 valence electrons. The summed E-state index contributed by atoms with van der Waals surface area (Å²) in [6, 6.07) is 15.9. The van der Waals surface area contributed by atoms with Crippen molar-refractivity contribution in [1.29, 1.82) is 0 Å². The smallest absolute Gasteiger partial charge is 0.254 e. The van der Waals surface area contributed by atoms with Crippen molar-refractivity contribution in [2.24, 2.45) is 4.99 Å². The van der Waals surface area contributed by atoms with Crippen molar-refractivity contribution >= 4 is 17.7 Å². The number of pyridine rings is 1. The van der Waals surface area contributed by atoms with Crippen LogP contribution in [0.15, 0.2) is 59.6 Å². The van der Waals surface area contributed by atoms with Crippen molar-refractivity contribution in [2.45, 2.75) is 39.0 Å². The van der Waals surface area contributed by atoms with Gasteiger partial charge in [-0.25, -0.2) is 13.8 Å². The van der Waals surface area contributed by atoms with Crippen LogP contribution in [0.1, 0.15) is 35.3 Å². The third-order valence-corrected chi connectivity index (χ3v) is 7.92. The predicted octanol–water partition coefficient (Wildman–Crippen LogP) is 4.27. The lowest BCUT2D eigenvalue weighted by molar-refractivity contribution is -0.0586. The van der Waals surface area contributed by atoms with Gasteiger partial charge in [-0.2, -0.15) is 9.37 Å². The second kappa shape index (κ2) is 14.6. The van der Waals surface area contributed by atoms with Gasteiger partial charge in [-0.3, -0.25) is 4.79 Å². The van der Waals surface area contributed by atoms with E-state index in [1.54, 1.807) is 12.0 Å². The molecule has 0 saturated carbocycles. The van der Waals surface area contributed by atoms with Crippen LogP contribution in [-0.4, -0.2) is 91.8 Å². The van der Waals surface area contributed by atoms with Gasteiger partial charge in [-0.1, -0.05) is 24.3 Å². The summed E-state index contributed by atoms with van der Waals surface area (Å²) in [6.07, 6.45) is 0.745. The molecule has 1 aromatic heterocycles. The number of carbonyl (C=O) groups excluding carboxylic acids is 1. The van der Waals surface area contributed by atoms with Gasteiger partial charge in [-0.05, 0) is 55.7 Å². The quantitative estimate of drug-likeness (QED) is 0.228. The van der Waals surface area contributed by atoms with Crippen LogP contribution in [0.3, 0.4) is 0 Å². The van der Waals surface area contributed by atoms with Crippen LogP contribution in [0.4, 0.5) is 19.0 Å². The van der Waals surface area contributed by atoms with Crippen molar-refractivity contribution < 1.29 is 27.4 Å². The molecule has 3 heterocycles. The molecular formula is C33H39F3N6O3. The Balaban J connectivity index is 1.25. The summed E-state index contributed by atoms with van der Waals surface area (Å²) in [4.78, 5) is 27.0. The first kappa shape index (κ1) is 32.1. The first-order chi connectivity index (χ1) is 21.7. The van der Waals surface area contributed by atoms with E-state index in [0.29, 0.717) is 69.9 Å². The van der Waals surface area contributed by atoms with E-state index in [0.717, 1.165) is 23.3 Å². The minimum absolute atomic E-state index is 0.00374. The Bertz CT molecular complexity index is 1470. The van der Waals surface area contributed by atoms with Crippen molar-refractivity contribution in [1.82, 2.24) is 20.1 Å². The molecule has 12 heteroatoms. The number of methoxy groups -OCH3 is 1. The van der Waals surface area contributed by atoms with Gasteiger partial charge in [0.25, 0.3) is 11.9 Å². The highest BCUT2D eigenvalue weighted by Crippen LogP contribution is 2.21. The average Bonchev–Trinajstić information content (AvgIpc) is 3.04. The largest absolute Gasteiger partial charge is 0.497 e. The molecule has 2 fully saturated rings. The van der Waals surface area contributed by atoms with Gasteiger partial charge < -0.3 is 29.5 Å². The summed E-state index contributed by atoms with van der Waals surface area (Å²) in [5, 5.41) is 3.45. The Morgan fingerprint density at radius 2 is 1.58 bits per heavy atom. The fraction of sp³-hybridized carbons (Fsp3) is 0.424. The number of carbonyl (C=O) groups is 1. The van der Waals surface area contributed by atoms with E-state index in [1.165, 1.54) is 0 Å². The van der Waals surface area contributed by atoms with Crippen molar-refractivity contribution in [3.05, 3.63) is 88.9 Å². The van der Waals surface area contributed by atoms with E-state index in [9.17, 15) is 18.0 Å². The molecule has 0 bridgehead atoms. The van der Waals surface area contributed by atoms with E-state index in [2.05, 4.69) is 15.2 Å². The molecular weight excluding hydrogens is 585 g/mol. The zero-order valence-corrected chi connectivity index (χ0v) is 25.8. The maximum Gasteiger partial charge on any atom is 0.254 e. The van der Waals surface area contributed by atoms with Gasteiger partial charge in [0, 0.05) is 57.4 Å². The summed E-state index contributed by atoms with van der Waals surface area (Å²) in [6.45, 7) is 7.71. The first-order valence-corrected chi connectivity index (χ1v) is 15.2. The van der Waals surface area contributed by atoms with Crippen LogP contribution in [-0.2, 0) is 17.7 Å². The SMILES string of the molecule is COc1ccc(CCNC(=NCc2ccc(C(=O)N3CC(C)OC(C)C3)cc2)N2CCN(c3nc(F)c(F)cc3F)CC2)cc1. The number of ether oxygens (including phenoxy) is 2. The Morgan fingerprint density at radius 3 is 2.22 bits per heavy atom. The molecule has 9 nitrogen and oxygen atoms in total. The summed E-state index contributed by atoms with van der Waals surface area (Å²) in [5.41, 5.74) is 2.70. The lowest BCUT2D eigenvalue weighted by Crippen LogP contribution is -2.53. The molecule has 1 amide bonds. The summed E-state index contributed by atoms with van der Waals surface area (Å²) in [7, 11) is 1.63. The second-order valence-electron chi connectivity index (χ2n) is 11.4. The highest BCUT2D eigenvalue weighted by atomic mass is 19.2. The van der Waals surface area contributed by atoms with Crippen molar-refractivity contribution in [3.8, 4) is 5.75 Å². The Kier molecular flexibility index (Phi) is 10.4. The Hall–Kier alpha value is -4.32. The molecule has 2 aliphatic heterocycles. The number of hydrogen-bond acceptors (Lipinski definition) is 6. The molecule has 0 spiro atoms. The Morgan fingerprint density at radius 1 is 0.933 bits per heavy atom. The molecule has 2 aliphatic rings. The average molecular weight is 625 g/mol. The lowest BCUT2D eigenvalue weighted by Gasteiger charge is -2.37. The lowest BCUT2D eigenvalue weighted by atomic mass is 10.1. The van der Waals surface area contributed by atoms with E-state index in [1.807, 2.05) is 67.3 Å². The van der Waals surface area contributed by atoms with E-state index in [-0.39, 0.29) is 23.9 Å². The predicted molar refractivity (Wildman–Crippen MR) is 166 cm³/mol. The molecule has 2 aromatic carbocycles. The molecule has 5 rings (SSSR count). The van der Waals surface area contributed by atoms with E-state index < -0.39 is 17.6 Å². The molecule has 2 saturated heterocycles. The van der Waals surface area contributed by atoms with Gasteiger partial charge in [-0.15, -0.1) is 0 Å². The molecule has 1 N–H and O–H groups in total. The number of rotatable bonds is 8. The second-order valence-corrected chi connectivity index (χ2v) is 11.4. The summed E-state index contributed by atoms with van der Waals surface area (Å²) in [5.74, 6) is -2.27. The number of benzene rings is 2. The molecule has 2 atom stereocenters. The minimum atomic E-state index is -1.32. The fourth-order valence-electron chi connectivity index (χ4n) is 5.61. The zero-order valence-electron chi connectivity index (χ0n) is 25.8. The van der Waals surface area contributed by atoms with E-state index >= 15 is 0 Å². The number of morpholine rings is 1. The van der Waals surface area contributed by atoms with Crippen LogP contribution < -0.4 is 15.0 Å². The number of hydrogen-bond donors (Lipinski definition) is 1. The number of halogens is 3. The van der Waals surface area contributed by atoms with Gasteiger partial charge in [0.05, 0.1) is 25.9 Å². The number of nitrogens with one attached hydrogen (secondary N) is 1. The maximum absolute atomic E-state index is 14.4. The topological polar surface area (TPSA) is 82.5 Å². The number of nitrogens with zero attached hydrogens (tertiary/aromatic N) is 5. The normalized spacial score (nSPS) is 19.1. The minimum Gasteiger partial charge on any atom is -0.497 e. The molecule has 45 heavy (non-hydrogen) atoms. The molecule has 0 radical (unpaired) electrons. The van der Waals surface area contributed by atoms with Crippen molar-refractivity contribution in [3.63, 3.8) is 0 Å². The first-order valence-electron chi connectivity index (χ1n) is 15.2. The Labute approximate surface area is 261 Å². The van der Waals surface area contributed by atoms with Crippen LogP contribution in [0.5, 0.6) is 5.75 Å². The van der Waals surface area contributed by atoms with Crippen LogP contribution in [0, 0.1) is 17.6 Å². The van der Waals surface area contributed by atoms with Gasteiger partial charge in [0.1, 0.15) is 5.75 Å². The monoisotopic (exact) mass is 624 g/mol. The summed E-state index contributed by atoms with van der Waals surface area (Å²) >= 11 is 0. The number of guanidine groups is 1.